The van der Waals surface area contributed by atoms with Crippen molar-refractivity contribution in [2.24, 2.45) is 11.3 Å². The fourth-order valence-electron chi connectivity index (χ4n) is 3.02. The van der Waals surface area contributed by atoms with E-state index in [0.717, 1.165) is 11.3 Å². The van der Waals surface area contributed by atoms with Crippen molar-refractivity contribution >= 4 is 11.6 Å². The Balaban J connectivity index is 3.24. The zero-order chi connectivity index (χ0) is 20.8. The van der Waals surface area contributed by atoms with Crippen LogP contribution in [-0.4, -0.2) is 44.2 Å². The van der Waals surface area contributed by atoms with E-state index in [1.54, 1.807) is 18.9 Å². The summed E-state index contributed by atoms with van der Waals surface area (Å²) in [5, 5.41) is 10.7. The summed E-state index contributed by atoms with van der Waals surface area (Å²) in [6.07, 6.45) is -0.756. The molecule has 27 heavy (non-hydrogen) atoms. The number of ether oxygens (including phenoxy) is 2. The van der Waals surface area contributed by atoms with Gasteiger partial charge in [0.1, 0.15) is 6.73 Å². The minimum absolute atomic E-state index is 0.122. The molecule has 1 rings (SSSR count). The molecule has 0 aliphatic carbocycles. The number of anilines is 1. The van der Waals surface area contributed by atoms with Gasteiger partial charge in [-0.2, -0.15) is 0 Å². The average Bonchev–Trinajstić information content (AvgIpc) is 2.58. The Morgan fingerprint density at radius 2 is 1.70 bits per heavy atom. The molecule has 0 aliphatic heterocycles. The topological polar surface area (TPSA) is 59.0 Å². The van der Waals surface area contributed by atoms with Gasteiger partial charge in [-0.1, -0.05) is 66.7 Å². The first-order valence-corrected chi connectivity index (χ1v) is 9.57. The number of hydrogen-bond donors (Lipinski definition) is 1. The molecule has 0 spiro atoms. The van der Waals surface area contributed by atoms with Crippen LogP contribution in [0.2, 0.25) is 0 Å². The molecule has 0 unspecified atom stereocenters. The quantitative estimate of drug-likeness (QED) is 0.548. The average molecular weight is 380 g/mol. The molecule has 0 saturated carbocycles. The third-order valence-electron chi connectivity index (χ3n) is 4.67. The highest BCUT2D eigenvalue weighted by atomic mass is 16.5. The standard InChI is InChI=1S/C22H37NO4/c1-16(19(24)22(5,6)7)20(25)23(15-27-14-13-26-8)18-12-10-9-11-17(18)21(2,3)4/h9-12,16,19,24H,13-15H2,1-8H3/t16-,19+/m1/s1. The molecule has 1 N–H and O–H groups in total. The number of aliphatic hydroxyl groups is 1. The molecular weight excluding hydrogens is 342 g/mol. The zero-order valence-electron chi connectivity index (χ0n) is 18.2. The van der Waals surface area contributed by atoms with E-state index in [1.807, 2.05) is 45.0 Å². The molecular formula is C22H37NO4. The lowest BCUT2D eigenvalue weighted by Crippen LogP contribution is -2.45. The molecule has 1 aromatic rings. The van der Waals surface area contributed by atoms with Gasteiger partial charge in [0.05, 0.1) is 25.2 Å². The van der Waals surface area contributed by atoms with Gasteiger partial charge in [-0.3, -0.25) is 9.69 Å². The first-order valence-electron chi connectivity index (χ1n) is 9.57. The summed E-state index contributed by atoms with van der Waals surface area (Å²) in [7, 11) is 1.61. The van der Waals surface area contributed by atoms with Gasteiger partial charge in [-0.15, -0.1) is 0 Å². The number of para-hydroxylation sites is 1. The van der Waals surface area contributed by atoms with Crippen LogP contribution in [0.5, 0.6) is 0 Å². The molecule has 2 atom stereocenters. The molecule has 1 aromatic carbocycles. The summed E-state index contributed by atoms with van der Waals surface area (Å²) >= 11 is 0. The van der Waals surface area contributed by atoms with Crippen molar-refractivity contribution < 1.29 is 19.4 Å². The Morgan fingerprint density at radius 3 is 2.22 bits per heavy atom. The molecule has 154 valence electrons. The first-order chi connectivity index (χ1) is 12.4. The third kappa shape index (κ3) is 6.59. The van der Waals surface area contributed by atoms with E-state index in [0.29, 0.717) is 13.2 Å². The number of nitrogens with zero attached hydrogens (tertiary/aromatic N) is 1. The maximum absolute atomic E-state index is 13.3. The number of benzene rings is 1. The van der Waals surface area contributed by atoms with Crippen LogP contribution in [-0.2, 0) is 19.7 Å². The van der Waals surface area contributed by atoms with E-state index >= 15 is 0 Å². The van der Waals surface area contributed by atoms with E-state index in [2.05, 4.69) is 20.8 Å². The normalized spacial score (nSPS) is 14.7. The summed E-state index contributed by atoms with van der Waals surface area (Å²) in [6, 6.07) is 7.88. The predicted octanol–water partition coefficient (Wildman–Crippen LogP) is 3.98. The van der Waals surface area contributed by atoms with Crippen LogP contribution in [0.25, 0.3) is 0 Å². The smallest absolute Gasteiger partial charge is 0.234 e. The number of amides is 1. The molecule has 0 fully saturated rings. The second kappa shape index (κ2) is 9.67. The Bertz CT molecular complexity index is 601. The molecule has 0 bridgehead atoms. The van der Waals surface area contributed by atoms with Gasteiger partial charge in [0.15, 0.2) is 0 Å². The van der Waals surface area contributed by atoms with Crippen molar-refractivity contribution in [2.45, 2.75) is 60.0 Å². The summed E-state index contributed by atoms with van der Waals surface area (Å²) in [5.74, 6) is -0.699. The van der Waals surface area contributed by atoms with Crippen molar-refractivity contribution in [3.05, 3.63) is 29.8 Å². The Morgan fingerprint density at radius 1 is 1.11 bits per heavy atom. The van der Waals surface area contributed by atoms with Gasteiger partial charge in [-0.05, 0) is 22.5 Å². The van der Waals surface area contributed by atoms with Crippen LogP contribution in [0, 0.1) is 11.3 Å². The highest BCUT2D eigenvalue weighted by Gasteiger charge is 2.36. The van der Waals surface area contributed by atoms with Gasteiger partial charge >= 0.3 is 0 Å². The van der Waals surface area contributed by atoms with Crippen LogP contribution in [0.1, 0.15) is 54.0 Å². The number of hydrogen-bond acceptors (Lipinski definition) is 4. The van der Waals surface area contributed by atoms with Crippen molar-refractivity contribution in [1.82, 2.24) is 0 Å². The largest absolute Gasteiger partial charge is 0.392 e. The zero-order valence-corrected chi connectivity index (χ0v) is 18.2. The highest BCUT2D eigenvalue weighted by molar-refractivity contribution is 5.96. The van der Waals surface area contributed by atoms with Crippen molar-refractivity contribution in [3.63, 3.8) is 0 Å². The molecule has 5 nitrogen and oxygen atoms in total. The van der Waals surface area contributed by atoms with Gasteiger partial charge in [0, 0.05) is 12.8 Å². The van der Waals surface area contributed by atoms with Gasteiger partial charge in [-0.25, -0.2) is 0 Å². The van der Waals surface area contributed by atoms with E-state index < -0.39 is 12.0 Å². The summed E-state index contributed by atoms with van der Waals surface area (Å²) in [4.78, 5) is 15.0. The highest BCUT2D eigenvalue weighted by Crippen LogP contribution is 2.34. The van der Waals surface area contributed by atoms with Gasteiger partial charge < -0.3 is 14.6 Å². The minimum atomic E-state index is -0.756. The minimum Gasteiger partial charge on any atom is -0.392 e. The maximum Gasteiger partial charge on any atom is 0.234 e. The molecule has 0 aliphatic rings. The number of carbonyl (C=O) groups is 1. The Kier molecular flexibility index (Phi) is 8.46. The Hall–Kier alpha value is -1.43. The fraction of sp³-hybridized carbons (Fsp3) is 0.682. The fourth-order valence-corrected chi connectivity index (χ4v) is 3.02. The Labute approximate surface area is 164 Å². The second-order valence-electron chi connectivity index (χ2n) is 9.16. The SMILES string of the molecule is COCCOCN(C(=O)[C@H](C)[C@H](O)C(C)(C)C)c1ccccc1C(C)(C)C. The molecule has 0 aromatic heterocycles. The van der Waals surface area contributed by atoms with E-state index in [-0.39, 0.29) is 23.5 Å². The van der Waals surface area contributed by atoms with E-state index in [9.17, 15) is 9.90 Å². The van der Waals surface area contributed by atoms with Crippen LogP contribution >= 0.6 is 0 Å². The van der Waals surface area contributed by atoms with Gasteiger partial charge in [0.25, 0.3) is 0 Å². The molecule has 5 heteroatoms. The molecule has 0 saturated heterocycles. The van der Waals surface area contributed by atoms with Crippen LogP contribution in [0.4, 0.5) is 5.69 Å². The lowest BCUT2D eigenvalue weighted by Gasteiger charge is -2.35. The maximum atomic E-state index is 13.3. The number of methoxy groups -OCH3 is 1. The first kappa shape index (κ1) is 23.6. The van der Waals surface area contributed by atoms with E-state index in [1.165, 1.54) is 0 Å². The summed E-state index contributed by atoms with van der Waals surface area (Å²) in [6.45, 7) is 14.9. The summed E-state index contributed by atoms with van der Waals surface area (Å²) < 4.78 is 10.7. The second-order valence-corrected chi connectivity index (χ2v) is 9.16. The van der Waals surface area contributed by atoms with Crippen LogP contribution in [0.15, 0.2) is 24.3 Å². The lowest BCUT2D eigenvalue weighted by molar-refractivity contribution is -0.129. The molecule has 1 amide bonds. The predicted molar refractivity (Wildman–Crippen MR) is 110 cm³/mol. The van der Waals surface area contributed by atoms with Crippen molar-refractivity contribution in [2.75, 3.05) is 32.0 Å². The number of aliphatic hydroxyl groups excluding tert-OH is 1. The molecule has 0 radical (unpaired) electrons. The van der Waals surface area contributed by atoms with Crippen LogP contribution in [0.3, 0.4) is 0 Å². The molecule has 0 heterocycles. The third-order valence-corrected chi connectivity index (χ3v) is 4.67. The van der Waals surface area contributed by atoms with Crippen LogP contribution < -0.4 is 4.90 Å². The summed E-state index contributed by atoms with van der Waals surface area (Å²) in [5.41, 5.74) is 1.36. The number of rotatable bonds is 8. The number of carbonyl (C=O) groups excluding carboxylic acids is 1. The van der Waals surface area contributed by atoms with Gasteiger partial charge in [0.2, 0.25) is 5.91 Å². The van der Waals surface area contributed by atoms with Crippen molar-refractivity contribution in [3.8, 4) is 0 Å². The van der Waals surface area contributed by atoms with Crippen molar-refractivity contribution in [1.29, 1.82) is 0 Å². The monoisotopic (exact) mass is 379 g/mol. The lowest BCUT2D eigenvalue weighted by atomic mass is 9.81. The van der Waals surface area contributed by atoms with E-state index in [4.69, 9.17) is 9.47 Å².